The van der Waals surface area contributed by atoms with Crippen molar-refractivity contribution < 1.29 is 4.79 Å². The van der Waals surface area contributed by atoms with Crippen molar-refractivity contribution in [3.05, 3.63) is 52.6 Å². The number of nitrogens with two attached hydrogens (primary N) is 1. The van der Waals surface area contributed by atoms with Crippen LogP contribution in [0.15, 0.2) is 41.3 Å². The second kappa shape index (κ2) is 9.01. The summed E-state index contributed by atoms with van der Waals surface area (Å²) in [6.45, 7) is 6.00. The first-order valence-electron chi connectivity index (χ1n) is 11.5. The highest BCUT2D eigenvalue weighted by Crippen LogP contribution is 2.37. The molecular weight excluding hydrogens is 406 g/mol. The van der Waals surface area contributed by atoms with Gasteiger partial charge in [0.05, 0.1) is 5.69 Å². The number of hydrogen-bond donors (Lipinski definition) is 3. The summed E-state index contributed by atoms with van der Waals surface area (Å²) in [5, 5.41) is 5.93. The van der Waals surface area contributed by atoms with Gasteiger partial charge in [0, 0.05) is 58.1 Å². The number of urea groups is 1. The van der Waals surface area contributed by atoms with Gasteiger partial charge in [0.15, 0.2) is 0 Å². The zero-order valence-corrected chi connectivity index (χ0v) is 18.2. The van der Waals surface area contributed by atoms with Gasteiger partial charge in [-0.15, -0.1) is 0 Å². The van der Waals surface area contributed by atoms with Crippen LogP contribution in [0.5, 0.6) is 0 Å². The number of likely N-dealkylation sites (tertiary alicyclic amines) is 1. The maximum absolute atomic E-state index is 12.6. The topological polar surface area (TPSA) is 109 Å². The van der Waals surface area contributed by atoms with Crippen LogP contribution in [-0.2, 0) is 6.54 Å². The molecule has 2 atom stereocenters. The predicted molar refractivity (Wildman–Crippen MR) is 123 cm³/mol. The van der Waals surface area contributed by atoms with Crippen molar-refractivity contribution in [2.24, 2.45) is 17.6 Å². The Balaban J connectivity index is 1.20. The van der Waals surface area contributed by atoms with Gasteiger partial charge in [-0.05, 0) is 48.4 Å². The summed E-state index contributed by atoms with van der Waals surface area (Å²) in [7, 11) is 0. The number of piperazine rings is 1. The Hall–Kier alpha value is -2.75. The van der Waals surface area contributed by atoms with Gasteiger partial charge in [-0.1, -0.05) is 12.1 Å². The highest BCUT2D eigenvalue weighted by molar-refractivity contribution is 5.88. The molecule has 9 heteroatoms. The molecule has 1 aromatic heterocycles. The number of hydrogen-bond acceptors (Lipinski definition) is 6. The molecule has 2 aliphatic heterocycles. The van der Waals surface area contributed by atoms with Gasteiger partial charge in [-0.25, -0.2) is 9.59 Å². The first-order chi connectivity index (χ1) is 15.5. The van der Waals surface area contributed by atoms with E-state index in [4.69, 9.17) is 5.73 Å². The maximum Gasteiger partial charge on any atom is 0.354 e. The van der Waals surface area contributed by atoms with Crippen LogP contribution in [0.25, 0.3) is 5.69 Å². The average molecular weight is 438 g/mol. The summed E-state index contributed by atoms with van der Waals surface area (Å²) in [5.74, 6) is 1.77. The fourth-order valence-electron chi connectivity index (χ4n) is 5.32. The van der Waals surface area contributed by atoms with Crippen LogP contribution in [0.1, 0.15) is 18.4 Å². The van der Waals surface area contributed by atoms with E-state index in [1.165, 1.54) is 10.1 Å². The van der Waals surface area contributed by atoms with Gasteiger partial charge in [0.1, 0.15) is 5.82 Å². The summed E-state index contributed by atoms with van der Waals surface area (Å²) in [4.78, 5) is 33.1. The zero-order chi connectivity index (χ0) is 22.1. The molecule has 1 saturated carbocycles. The molecule has 3 heterocycles. The van der Waals surface area contributed by atoms with E-state index in [0.717, 1.165) is 63.1 Å². The van der Waals surface area contributed by atoms with E-state index >= 15 is 0 Å². The minimum absolute atomic E-state index is 0.228. The molecule has 2 aromatic rings. The van der Waals surface area contributed by atoms with E-state index < -0.39 is 5.69 Å². The summed E-state index contributed by atoms with van der Waals surface area (Å²) >= 11 is 0. The highest BCUT2D eigenvalue weighted by atomic mass is 16.2. The lowest BCUT2D eigenvalue weighted by Crippen LogP contribution is -2.48. The van der Waals surface area contributed by atoms with Crippen LogP contribution in [-0.4, -0.2) is 70.7 Å². The Labute approximate surface area is 187 Å². The number of rotatable bonds is 4. The molecule has 1 aliphatic carbocycles. The number of benzene rings is 1. The summed E-state index contributed by atoms with van der Waals surface area (Å²) in [6.07, 6.45) is 3.96. The molecule has 1 aromatic carbocycles. The Bertz CT molecular complexity index is 1000. The first kappa shape index (κ1) is 21.1. The van der Waals surface area contributed by atoms with Gasteiger partial charge in [0.2, 0.25) is 0 Å². The third-order valence-electron chi connectivity index (χ3n) is 6.93. The van der Waals surface area contributed by atoms with E-state index in [9.17, 15) is 9.59 Å². The number of amides is 2. The Morgan fingerprint density at radius 3 is 2.44 bits per heavy atom. The third kappa shape index (κ3) is 4.55. The summed E-state index contributed by atoms with van der Waals surface area (Å²) in [6, 6.07) is 9.86. The van der Waals surface area contributed by atoms with Gasteiger partial charge < -0.3 is 16.0 Å². The van der Waals surface area contributed by atoms with Crippen molar-refractivity contribution >= 4 is 11.8 Å². The van der Waals surface area contributed by atoms with E-state index in [-0.39, 0.29) is 11.8 Å². The quantitative estimate of drug-likeness (QED) is 0.654. The number of nitrogens with one attached hydrogen (secondary N) is 2. The second-order valence-electron chi connectivity index (χ2n) is 9.24. The van der Waals surface area contributed by atoms with E-state index in [1.54, 1.807) is 17.2 Å². The fourth-order valence-corrected chi connectivity index (χ4v) is 5.32. The molecule has 0 radical (unpaired) electrons. The van der Waals surface area contributed by atoms with Gasteiger partial charge in [0.25, 0.3) is 0 Å². The maximum atomic E-state index is 12.6. The Kier molecular flexibility index (Phi) is 5.95. The Morgan fingerprint density at radius 1 is 1.09 bits per heavy atom. The highest BCUT2D eigenvalue weighted by Gasteiger charge is 2.39. The molecule has 2 saturated heterocycles. The average Bonchev–Trinajstić information content (AvgIpc) is 3.32. The SMILES string of the molecule is NC1CC2CN(Cc3ccc(-n4ccc(NC(=O)N5CCNCC5)nc4=O)cc3)CC2C1. The number of anilines is 1. The number of nitrogens with zero attached hydrogens (tertiary/aromatic N) is 4. The lowest BCUT2D eigenvalue weighted by atomic mass is 10.0. The van der Waals surface area contributed by atoms with Crippen molar-refractivity contribution in [3.63, 3.8) is 0 Å². The molecule has 0 spiro atoms. The molecular formula is C23H31N7O2. The predicted octanol–water partition coefficient (Wildman–Crippen LogP) is 0.839. The third-order valence-corrected chi connectivity index (χ3v) is 6.93. The number of carbonyl (C=O) groups is 1. The second-order valence-corrected chi connectivity index (χ2v) is 9.24. The fraction of sp³-hybridized carbons (Fsp3) is 0.522. The van der Waals surface area contributed by atoms with Crippen molar-refractivity contribution in [3.8, 4) is 5.69 Å². The van der Waals surface area contributed by atoms with Crippen LogP contribution in [0, 0.1) is 11.8 Å². The zero-order valence-electron chi connectivity index (χ0n) is 18.2. The van der Waals surface area contributed by atoms with Crippen LogP contribution in [0.3, 0.4) is 0 Å². The molecule has 9 nitrogen and oxygen atoms in total. The lowest BCUT2D eigenvalue weighted by Gasteiger charge is -2.27. The molecule has 32 heavy (non-hydrogen) atoms. The van der Waals surface area contributed by atoms with Crippen molar-refractivity contribution in [2.45, 2.75) is 25.4 Å². The smallest absolute Gasteiger partial charge is 0.328 e. The van der Waals surface area contributed by atoms with E-state index in [2.05, 4.69) is 32.7 Å². The van der Waals surface area contributed by atoms with Gasteiger partial charge >= 0.3 is 11.7 Å². The Morgan fingerprint density at radius 2 is 1.78 bits per heavy atom. The van der Waals surface area contributed by atoms with Crippen LogP contribution in [0.2, 0.25) is 0 Å². The lowest BCUT2D eigenvalue weighted by molar-refractivity contribution is 0.204. The monoisotopic (exact) mass is 437 g/mol. The van der Waals surface area contributed by atoms with Gasteiger partial charge in [-0.3, -0.25) is 14.8 Å². The number of fused-ring (bicyclic) bond motifs is 1. The standard InChI is InChI=1S/C23H31N7O2/c24-19-11-17-14-28(15-18(17)12-19)13-16-1-3-20(4-2-16)30-8-5-21(27-23(30)32)26-22(31)29-9-6-25-7-10-29/h1-5,8,17-19,25H,6-7,9-15,24H2,(H,26,27,31,32). The van der Waals surface area contributed by atoms with E-state index in [1.807, 2.05) is 12.1 Å². The minimum atomic E-state index is -0.417. The van der Waals surface area contributed by atoms with Crippen molar-refractivity contribution in [1.82, 2.24) is 24.7 Å². The molecule has 3 fully saturated rings. The van der Waals surface area contributed by atoms with Gasteiger partial charge in [-0.2, -0.15) is 4.98 Å². The normalized spacial score (nSPS) is 25.7. The molecule has 4 N–H and O–H groups in total. The summed E-state index contributed by atoms with van der Waals surface area (Å²) < 4.78 is 1.49. The molecule has 2 unspecified atom stereocenters. The van der Waals surface area contributed by atoms with Crippen molar-refractivity contribution in [1.29, 1.82) is 0 Å². The van der Waals surface area contributed by atoms with Crippen LogP contribution in [0.4, 0.5) is 10.6 Å². The van der Waals surface area contributed by atoms with Crippen LogP contribution < -0.4 is 22.1 Å². The largest absolute Gasteiger partial charge is 0.354 e. The molecule has 0 bridgehead atoms. The molecule has 170 valence electrons. The number of aromatic nitrogens is 2. The molecule has 3 aliphatic rings. The first-order valence-corrected chi connectivity index (χ1v) is 11.5. The van der Waals surface area contributed by atoms with E-state index in [0.29, 0.717) is 19.1 Å². The minimum Gasteiger partial charge on any atom is -0.328 e. The summed E-state index contributed by atoms with van der Waals surface area (Å²) in [5.41, 5.74) is 7.68. The number of carbonyl (C=O) groups excluding carboxylic acids is 1. The van der Waals surface area contributed by atoms with Crippen LogP contribution >= 0.6 is 0 Å². The van der Waals surface area contributed by atoms with Crippen molar-refractivity contribution in [2.75, 3.05) is 44.6 Å². The molecule has 5 rings (SSSR count). The molecule has 2 amide bonds.